The summed E-state index contributed by atoms with van der Waals surface area (Å²) >= 11 is 0. The molecule has 0 fully saturated rings. The second kappa shape index (κ2) is 7.08. The maximum absolute atomic E-state index is 13.9. The topological polar surface area (TPSA) is 108 Å². The summed E-state index contributed by atoms with van der Waals surface area (Å²) in [5.41, 5.74) is -0.938. The minimum absolute atomic E-state index is 0.0949. The van der Waals surface area contributed by atoms with Crippen molar-refractivity contribution in [3.8, 4) is 11.5 Å². The third-order valence-electron chi connectivity index (χ3n) is 3.60. The molecule has 1 aromatic carbocycles. The second-order valence-electron chi connectivity index (χ2n) is 5.98. The third-order valence-corrected chi connectivity index (χ3v) is 4.46. The zero-order valence-corrected chi connectivity index (χ0v) is 15.5. The molecule has 0 unspecified atom stereocenters. The van der Waals surface area contributed by atoms with E-state index in [0.29, 0.717) is 6.07 Å². The summed E-state index contributed by atoms with van der Waals surface area (Å²) in [7, 11) is -3.76. The van der Waals surface area contributed by atoms with Gasteiger partial charge in [0.15, 0.2) is 17.3 Å². The Balaban J connectivity index is 2.23. The lowest BCUT2D eigenvalue weighted by atomic mass is 10.3. The molecule has 0 aliphatic rings. The number of rotatable bonds is 5. The normalized spacial score (nSPS) is 11.6. The van der Waals surface area contributed by atoms with Gasteiger partial charge in [-0.15, -0.1) is 0 Å². The number of nitrogens with zero attached hydrogens (tertiary/aromatic N) is 3. The summed E-state index contributed by atoms with van der Waals surface area (Å²) in [5.74, 6) is -3.02. The number of sulfone groups is 1. The first-order valence-electron chi connectivity index (χ1n) is 7.79. The van der Waals surface area contributed by atoms with Crippen LogP contribution in [0.2, 0.25) is 0 Å². The Bertz CT molecular complexity index is 1270. The molecule has 0 saturated carbocycles. The zero-order valence-electron chi connectivity index (χ0n) is 14.6. The molecule has 0 radical (unpaired) electrons. The molecule has 8 nitrogen and oxygen atoms in total. The standard InChI is InChI=1S/C17H13F2N3O5S/c1-9(23)8-22-15-10(7-20-17(21-15)28(2,25)26)5-14(16(22)24)27-13-4-3-11(18)6-12(13)19/h3-7H,8H2,1-2H3. The van der Waals surface area contributed by atoms with Crippen LogP contribution < -0.4 is 10.3 Å². The van der Waals surface area contributed by atoms with Gasteiger partial charge in [0.05, 0.1) is 6.54 Å². The highest BCUT2D eigenvalue weighted by molar-refractivity contribution is 7.90. The van der Waals surface area contributed by atoms with Gasteiger partial charge in [0, 0.05) is 23.9 Å². The van der Waals surface area contributed by atoms with Crippen molar-refractivity contribution in [3.63, 3.8) is 0 Å². The summed E-state index contributed by atoms with van der Waals surface area (Å²) in [4.78, 5) is 31.9. The monoisotopic (exact) mass is 409 g/mol. The first kappa shape index (κ1) is 19.5. The van der Waals surface area contributed by atoms with E-state index in [1.807, 2.05) is 0 Å². The van der Waals surface area contributed by atoms with Crippen LogP contribution in [0.5, 0.6) is 11.5 Å². The van der Waals surface area contributed by atoms with Crippen LogP contribution in [0.1, 0.15) is 6.92 Å². The van der Waals surface area contributed by atoms with Crippen LogP contribution >= 0.6 is 0 Å². The lowest BCUT2D eigenvalue weighted by molar-refractivity contribution is -0.117. The van der Waals surface area contributed by atoms with E-state index in [2.05, 4.69) is 9.97 Å². The predicted molar refractivity (Wildman–Crippen MR) is 94.0 cm³/mol. The van der Waals surface area contributed by atoms with E-state index in [4.69, 9.17) is 4.74 Å². The molecule has 3 rings (SSSR count). The molecule has 0 bridgehead atoms. The van der Waals surface area contributed by atoms with Gasteiger partial charge in [-0.2, -0.15) is 4.98 Å². The molecule has 146 valence electrons. The number of halogens is 2. The van der Waals surface area contributed by atoms with Crippen LogP contribution in [0.15, 0.2) is 40.4 Å². The fraction of sp³-hybridized carbons (Fsp3) is 0.176. The van der Waals surface area contributed by atoms with Gasteiger partial charge in [0.1, 0.15) is 17.2 Å². The van der Waals surface area contributed by atoms with Crippen molar-refractivity contribution >= 4 is 26.7 Å². The number of fused-ring (bicyclic) bond motifs is 1. The lowest BCUT2D eigenvalue weighted by Gasteiger charge is -2.12. The number of hydrogen-bond donors (Lipinski definition) is 0. The van der Waals surface area contributed by atoms with Crippen LogP contribution in [-0.2, 0) is 21.2 Å². The molecule has 2 heterocycles. The molecule has 28 heavy (non-hydrogen) atoms. The molecule has 0 amide bonds. The fourth-order valence-electron chi connectivity index (χ4n) is 2.41. The van der Waals surface area contributed by atoms with Crippen molar-refractivity contribution < 1.29 is 26.7 Å². The van der Waals surface area contributed by atoms with Gasteiger partial charge in [0.25, 0.3) is 5.56 Å². The van der Waals surface area contributed by atoms with E-state index < -0.39 is 50.3 Å². The molecule has 0 aliphatic carbocycles. The van der Waals surface area contributed by atoms with E-state index >= 15 is 0 Å². The smallest absolute Gasteiger partial charge is 0.295 e. The SMILES string of the molecule is CC(=O)Cn1c(=O)c(Oc2ccc(F)cc2F)cc2cnc(S(C)(=O)=O)nc21. The fourth-order valence-corrected chi connectivity index (χ4v) is 2.91. The van der Waals surface area contributed by atoms with Crippen LogP contribution in [0, 0.1) is 11.6 Å². The van der Waals surface area contributed by atoms with Crippen molar-refractivity contribution in [2.24, 2.45) is 0 Å². The number of pyridine rings is 1. The first-order valence-corrected chi connectivity index (χ1v) is 9.68. The maximum Gasteiger partial charge on any atom is 0.295 e. The summed E-state index contributed by atoms with van der Waals surface area (Å²) < 4.78 is 56.5. The summed E-state index contributed by atoms with van der Waals surface area (Å²) in [6, 6.07) is 3.73. The average Bonchev–Trinajstić information content (AvgIpc) is 2.59. The number of benzene rings is 1. The highest BCUT2D eigenvalue weighted by atomic mass is 32.2. The largest absolute Gasteiger partial charge is 0.448 e. The Morgan fingerprint density at radius 2 is 1.93 bits per heavy atom. The van der Waals surface area contributed by atoms with E-state index in [-0.39, 0.29) is 16.8 Å². The van der Waals surface area contributed by atoms with Crippen LogP contribution in [0.3, 0.4) is 0 Å². The van der Waals surface area contributed by atoms with Crippen molar-refractivity contribution in [1.29, 1.82) is 0 Å². The number of carbonyl (C=O) groups is 1. The van der Waals surface area contributed by atoms with Gasteiger partial charge in [-0.3, -0.25) is 14.2 Å². The first-order chi connectivity index (χ1) is 13.1. The minimum Gasteiger partial charge on any atom is -0.448 e. The van der Waals surface area contributed by atoms with Crippen molar-refractivity contribution in [2.75, 3.05) is 6.26 Å². The quantitative estimate of drug-likeness (QED) is 0.592. The van der Waals surface area contributed by atoms with Gasteiger partial charge in [-0.25, -0.2) is 22.2 Å². The van der Waals surface area contributed by atoms with E-state index in [1.165, 1.54) is 13.0 Å². The molecule has 11 heteroatoms. The van der Waals surface area contributed by atoms with Crippen LogP contribution in [-0.4, -0.2) is 35.0 Å². The number of Topliss-reactive ketones (excluding diaryl/α,β-unsaturated/α-hetero) is 1. The van der Waals surface area contributed by atoms with Gasteiger partial charge in [0.2, 0.25) is 15.0 Å². The highest BCUT2D eigenvalue weighted by Crippen LogP contribution is 2.25. The zero-order chi connectivity index (χ0) is 20.6. The average molecular weight is 409 g/mol. The Labute approximate surface area is 157 Å². The maximum atomic E-state index is 13.9. The molecule has 2 aromatic heterocycles. The summed E-state index contributed by atoms with van der Waals surface area (Å²) in [6.07, 6.45) is 2.04. The Hall–Kier alpha value is -3.21. The molecule has 0 spiro atoms. The highest BCUT2D eigenvalue weighted by Gasteiger charge is 2.19. The second-order valence-corrected chi connectivity index (χ2v) is 7.89. The molecule has 0 N–H and O–H groups in total. The number of ketones is 1. The van der Waals surface area contributed by atoms with Crippen LogP contribution in [0.4, 0.5) is 8.78 Å². The van der Waals surface area contributed by atoms with E-state index in [9.17, 15) is 26.8 Å². The van der Waals surface area contributed by atoms with Crippen molar-refractivity contribution in [3.05, 3.63) is 52.5 Å². The third kappa shape index (κ3) is 3.88. The van der Waals surface area contributed by atoms with E-state index in [0.717, 1.165) is 29.2 Å². The van der Waals surface area contributed by atoms with Crippen molar-refractivity contribution in [2.45, 2.75) is 18.6 Å². The lowest BCUT2D eigenvalue weighted by Crippen LogP contribution is -2.25. The van der Waals surface area contributed by atoms with E-state index in [1.54, 1.807) is 0 Å². The molecule has 0 saturated heterocycles. The Morgan fingerprint density at radius 1 is 1.21 bits per heavy atom. The Morgan fingerprint density at radius 3 is 2.54 bits per heavy atom. The number of hydrogen-bond acceptors (Lipinski definition) is 7. The number of carbonyl (C=O) groups excluding carboxylic acids is 1. The number of ether oxygens (including phenoxy) is 1. The van der Waals surface area contributed by atoms with Gasteiger partial charge in [-0.1, -0.05) is 0 Å². The molecule has 0 aliphatic heterocycles. The van der Waals surface area contributed by atoms with Gasteiger partial charge in [-0.05, 0) is 25.1 Å². The Kier molecular flexibility index (Phi) is 4.94. The number of aromatic nitrogens is 3. The van der Waals surface area contributed by atoms with Crippen LogP contribution in [0.25, 0.3) is 11.0 Å². The minimum atomic E-state index is -3.76. The van der Waals surface area contributed by atoms with Gasteiger partial charge >= 0.3 is 0 Å². The molecule has 3 aromatic rings. The van der Waals surface area contributed by atoms with Crippen molar-refractivity contribution in [1.82, 2.24) is 14.5 Å². The summed E-state index contributed by atoms with van der Waals surface area (Å²) in [6.45, 7) is 0.808. The molecular weight excluding hydrogens is 396 g/mol. The summed E-state index contributed by atoms with van der Waals surface area (Å²) in [5, 5.41) is -0.333. The molecule has 0 atom stereocenters. The predicted octanol–water partition coefficient (Wildman–Crippen LogP) is 1.85. The van der Waals surface area contributed by atoms with Gasteiger partial charge < -0.3 is 4.74 Å². The molecular formula is C17H13F2N3O5S.